The van der Waals surface area contributed by atoms with E-state index in [0.717, 1.165) is 31.9 Å². The fraction of sp³-hybridized carbons (Fsp3) is 0.375. The van der Waals surface area contributed by atoms with Crippen molar-refractivity contribution in [3.8, 4) is 0 Å². The Balaban J connectivity index is 1.50. The van der Waals surface area contributed by atoms with Crippen LogP contribution < -0.4 is 5.32 Å². The molecule has 102 valence electrons. The van der Waals surface area contributed by atoms with Crippen molar-refractivity contribution in [1.29, 1.82) is 0 Å². The smallest absolute Gasteiger partial charge is 0.129 e. The molecule has 0 unspecified atom stereocenters. The minimum atomic E-state index is 0.560. The lowest BCUT2D eigenvalue weighted by atomic mass is 10.1. The van der Waals surface area contributed by atoms with E-state index in [1.807, 2.05) is 12.1 Å². The van der Waals surface area contributed by atoms with Gasteiger partial charge < -0.3 is 14.5 Å². The van der Waals surface area contributed by atoms with E-state index in [4.69, 9.17) is 9.15 Å². The first kappa shape index (κ1) is 13.8. The van der Waals surface area contributed by atoms with Gasteiger partial charge in [-0.15, -0.1) is 0 Å². The normalized spacial score (nSPS) is 10.8. The molecule has 3 nitrogen and oxygen atoms in total. The second kappa shape index (κ2) is 7.77. The van der Waals surface area contributed by atoms with Gasteiger partial charge in [-0.05, 0) is 37.6 Å². The van der Waals surface area contributed by atoms with Crippen molar-refractivity contribution in [3.05, 3.63) is 59.5 Å². The lowest BCUT2D eigenvalue weighted by molar-refractivity contribution is 0.104. The molecule has 0 bridgehead atoms. The quantitative estimate of drug-likeness (QED) is 0.739. The summed E-state index contributed by atoms with van der Waals surface area (Å²) in [5, 5.41) is 3.42. The summed E-state index contributed by atoms with van der Waals surface area (Å²) in [5.41, 5.74) is 2.64. The molecule has 2 rings (SSSR count). The maximum absolute atomic E-state index is 5.52. The molecular weight excluding hydrogens is 238 g/mol. The molecule has 0 atom stereocenters. The Labute approximate surface area is 114 Å². The number of benzene rings is 1. The molecule has 0 saturated carbocycles. The zero-order valence-corrected chi connectivity index (χ0v) is 11.4. The van der Waals surface area contributed by atoms with Gasteiger partial charge in [-0.1, -0.05) is 29.8 Å². The first-order valence-corrected chi connectivity index (χ1v) is 6.71. The number of furan rings is 1. The fourth-order valence-corrected chi connectivity index (χ4v) is 1.92. The number of nitrogens with one attached hydrogen (secondary N) is 1. The fourth-order valence-electron chi connectivity index (χ4n) is 1.92. The van der Waals surface area contributed by atoms with Gasteiger partial charge in [0.2, 0.25) is 0 Å². The molecule has 0 aliphatic carbocycles. The summed E-state index contributed by atoms with van der Waals surface area (Å²) in [5.74, 6) is 0.882. The minimum absolute atomic E-state index is 0.560. The third kappa shape index (κ3) is 5.28. The van der Waals surface area contributed by atoms with Crippen molar-refractivity contribution >= 4 is 0 Å². The van der Waals surface area contributed by atoms with Gasteiger partial charge in [-0.3, -0.25) is 0 Å². The highest BCUT2D eigenvalue weighted by Crippen LogP contribution is 2.03. The van der Waals surface area contributed by atoms with Crippen LogP contribution in [0, 0.1) is 6.92 Å². The molecule has 0 saturated heterocycles. The Morgan fingerprint density at radius 3 is 2.95 bits per heavy atom. The third-order valence-corrected chi connectivity index (χ3v) is 2.88. The Bertz CT molecular complexity index is 465. The van der Waals surface area contributed by atoms with Crippen molar-refractivity contribution in [2.24, 2.45) is 0 Å². The summed E-state index contributed by atoms with van der Waals surface area (Å²) in [6, 6.07) is 12.4. The lowest BCUT2D eigenvalue weighted by Crippen LogP contribution is -2.16. The largest absolute Gasteiger partial charge is 0.467 e. The molecule has 1 N–H and O–H groups in total. The summed E-state index contributed by atoms with van der Waals surface area (Å²) in [6.45, 7) is 5.31. The number of rotatable bonds is 8. The molecule has 1 aromatic carbocycles. The zero-order valence-electron chi connectivity index (χ0n) is 11.4. The van der Waals surface area contributed by atoms with Crippen LogP contribution in [0.2, 0.25) is 0 Å². The van der Waals surface area contributed by atoms with E-state index in [1.165, 1.54) is 11.1 Å². The third-order valence-electron chi connectivity index (χ3n) is 2.88. The molecule has 0 radical (unpaired) electrons. The maximum atomic E-state index is 5.52. The van der Waals surface area contributed by atoms with Gasteiger partial charge in [-0.25, -0.2) is 0 Å². The molecule has 0 amide bonds. The van der Waals surface area contributed by atoms with Gasteiger partial charge in [0.05, 0.1) is 6.26 Å². The van der Waals surface area contributed by atoms with Crippen LogP contribution in [0.25, 0.3) is 0 Å². The van der Waals surface area contributed by atoms with Crippen molar-refractivity contribution < 1.29 is 9.15 Å². The van der Waals surface area contributed by atoms with Crippen LogP contribution >= 0.6 is 0 Å². The molecule has 0 fully saturated rings. The average molecular weight is 259 g/mol. The van der Waals surface area contributed by atoms with E-state index in [2.05, 4.69) is 36.5 Å². The summed E-state index contributed by atoms with van der Waals surface area (Å²) in [6.07, 6.45) is 2.68. The second-order valence-electron chi connectivity index (χ2n) is 4.65. The van der Waals surface area contributed by atoms with Crippen LogP contribution in [0.1, 0.15) is 23.3 Å². The van der Waals surface area contributed by atoms with Gasteiger partial charge >= 0.3 is 0 Å². The van der Waals surface area contributed by atoms with Crippen molar-refractivity contribution in [3.63, 3.8) is 0 Å². The van der Waals surface area contributed by atoms with Gasteiger partial charge in [0, 0.05) is 13.2 Å². The summed E-state index contributed by atoms with van der Waals surface area (Å²) < 4.78 is 10.7. The van der Waals surface area contributed by atoms with E-state index in [9.17, 15) is 0 Å². The van der Waals surface area contributed by atoms with Crippen molar-refractivity contribution in [2.75, 3.05) is 13.2 Å². The number of hydrogen-bond acceptors (Lipinski definition) is 3. The monoisotopic (exact) mass is 259 g/mol. The van der Waals surface area contributed by atoms with Crippen molar-refractivity contribution in [1.82, 2.24) is 5.32 Å². The van der Waals surface area contributed by atoms with E-state index < -0.39 is 0 Å². The summed E-state index contributed by atoms with van der Waals surface area (Å²) in [4.78, 5) is 0. The number of ether oxygens (including phenoxy) is 1. The molecule has 0 spiro atoms. The molecule has 1 aromatic heterocycles. The molecule has 19 heavy (non-hydrogen) atoms. The Kier molecular flexibility index (Phi) is 5.66. The topological polar surface area (TPSA) is 34.4 Å². The van der Waals surface area contributed by atoms with Crippen LogP contribution in [0.3, 0.4) is 0 Å². The summed E-state index contributed by atoms with van der Waals surface area (Å²) in [7, 11) is 0. The van der Waals surface area contributed by atoms with E-state index in [-0.39, 0.29) is 0 Å². The van der Waals surface area contributed by atoms with Crippen molar-refractivity contribution in [2.45, 2.75) is 26.5 Å². The van der Waals surface area contributed by atoms with Crippen LogP contribution in [0.5, 0.6) is 0 Å². The molecular formula is C16H21NO2. The molecule has 3 heteroatoms. The van der Waals surface area contributed by atoms with Gasteiger partial charge in [0.15, 0.2) is 0 Å². The first-order valence-electron chi connectivity index (χ1n) is 6.71. The van der Waals surface area contributed by atoms with E-state index >= 15 is 0 Å². The highest BCUT2D eigenvalue weighted by molar-refractivity contribution is 5.21. The van der Waals surface area contributed by atoms with Gasteiger partial charge in [0.1, 0.15) is 12.4 Å². The maximum Gasteiger partial charge on any atom is 0.129 e. The summed E-state index contributed by atoms with van der Waals surface area (Å²) >= 11 is 0. The lowest BCUT2D eigenvalue weighted by Gasteiger charge is -2.06. The van der Waals surface area contributed by atoms with Crippen LogP contribution in [0.4, 0.5) is 0 Å². The molecule has 2 aromatic rings. The highest BCUT2D eigenvalue weighted by atomic mass is 16.5. The predicted octanol–water partition coefficient (Wildman–Crippen LogP) is 3.28. The first-order chi connectivity index (χ1) is 9.34. The van der Waals surface area contributed by atoms with E-state index in [0.29, 0.717) is 6.61 Å². The SMILES string of the molecule is Cc1cccc(CNCCCOCc2ccco2)c1. The minimum Gasteiger partial charge on any atom is -0.467 e. The molecule has 0 aliphatic rings. The average Bonchev–Trinajstić information content (AvgIpc) is 2.91. The Morgan fingerprint density at radius 1 is 1.21 bits per heavy atom. The van der Waals surface area contributed by atoms with Crippen LogP contribution in [0.15, 0.2) is 47.1 Å². The Hall–Kier alpha value is -1.58. The number of aryl methyl sites for hydroxylation is 1. The predicted molar refractivity (Wildman–Crippen MR) is 75.9 cm³/mol. The van der Waals surface area contributed by atoms with Gasteiger partial charge in [-0.2, -0.15) is 0 Å². The molecule has 1 heterocycles. The van der Waals surface area contributed by atoms with E-state index in [1.54, 1.807) is 6.26 Å². The second-order valence-corrected chi connectivity index (χ2v) is 4.65. The Morgan fingerprint density at radius 2 is 2.16 bits per heavy atom. The standard InChI is InChI=1S/C16H21NO2/c1-14-5-2-6-15(11-14)12-17-8-4-9-18-13-16-7-3-10-19-16/h2-3,5-7,10-11,17H,4,8-9,12-13H2,1H3. The molecule has 0 aliphatic heterocycles. The number of hydrogen-bond donors (Lipinski definition) is 1. The highest BCUT2D eigenvalue weighted by Gasteiger charge is 1.96. The van der Waals surface area contributed by atoms with Crippen LogP contribution in [-0.2, 0) is 17.9 Å². The zero-order chi connectivity index (χ0) is 13.3. The van der Waals surface area contributed by atoms with Gasteiger partial charge in [0.25, 0.3) is 0 Å². The van der Waals surface area contributed by atoms with Crippen LogP contribution in [-0.4, -0.2) is 13.2 Å².